The number of benzene rings is 1. The molecule has 0 saturated heterocycles. The molecule has 0 bridgehead atoms. The summed E-state index contributed by atoms with van der Waals surface area (Å²) in [6, 6.07) is 8.10. The summed E-state index contributed by atoms with van der Waals surface area (Å²) in [5, 5.41) is 10.5. The number of carboxylic acid groups (broad SMARTS) is 1. The van der Waals surface area contributed by atoms with Crippen LogP contribution in [-0.4, -0.2) is 21.0 Å². The molecule has 0 radical (unpaired) electrons. The van der Waals surface area contributed by atoms with E-state index >= 15 is 0 Å². The van der Waals surface area contributed by atoms with Gasteiger partial charge in [-0.2, -0.15) is 0 Å². The van der Waals surface area contributed by atoms with E-state index in [2.05, 4.69) is 9.97 Å². The number of aromatic carboxylic acids is 1. The summed E-state index contributed by atoms with van der Waals surface area (Å²) >= 11 is 18.4. The Balaban J connectivity index is 2.31. The van der Waals surface area contributed by atoms with Crippen molar-refractivity contribution in [1.82, 2.24) is 9.97 Å². The Morgan fingerprint density at radius 3 is 2.55 bits per heavy atom. The lowest BCUT2D eigenvalue weighted by molar-refractivity contribution is 0.0696. The zero-order valence-electron chi connectivity index (χ0n) is 10.8. The minimum atomic E-state index is -1.14. The first-order valence-electron chi connectivity index (χ1n) is 6.12. The summed E-state index contributed by atoms with van der Waals surface area (Å²) < 4.78 is 0. The van der Waals surface area contributed by atoms with Crippen LogP contribution >= 0.6 is 34.8 Å². The van der Waals surface area contributed by atoms with Crippen molar-refractivity contribution in [2.24, 2.45) is 0 Å². The van der Waals surface area contributed by atoms with E-state index < -0.39 is 5.97 Å². The quantitative estimate of drug-likeness (QED) is 0.662. The van der Waals surface area contributed by atoms with Crippen LogP contribution in [0.3, 0.4) is 0 Å². The fraction of sp³-hybridized carbons (Fsp3) is 0. The zero-order chi connectivity index (χ0) is 15.9. The smallest absolute Gasteiger partial charge is 0.338 e. The first-order valence-corrected chi connectivity index (χ1v) is 7.25. The summed E-state index contributed by atoms with van der Waals surface area (Å²) in [5.41, 5.74) is 1.49. The highest BCUT2D eigenvalue weighted by molar-refractivity contribution is 6.40. The number of rotatable bonds is 2. The van der Waals surface area contributed by atoms with Crippen LogP contribution in [0, 0.1) is 0 Å². The topological polar surface area (TPSA) is 63.1 Å². The predicted molar refractivity (Wildman–Crippen MR) is 87.0 cm³/mol. The van der Waals surface area contributed by atoms with E-state index in [9.17, 15) is 4.79 Å². The van der Waals surface area contributed by atoms with Gasteiger partial charge in [0.1, 0.15) is 5.15 Å². The Kier molecular flexibility index (Phi) is 3.91. The fourth-order valence-electron chi connectivity index (χ4n) is 2.15. The summed E-state index contributed by atoms with van der Waals surface area (Å²) in [5.74, 6) is -1.14. The second-order valence-corrected chi connectivity index (χ2v) is 5.63. The largest absolute Gasteiger partial charge is 0.478 e. The third-order valence-corrected chi connectivity index (χ3v) is 4.03. The van der Waals surface area contributed by atoms with Crippen molar-refractivity contribution < 1.29 is 9.90 Å². The highest BCUT2D eigenvalue weighted by Gasteiger charge is 2.17. The molecule has 0 amide bonds. The van der Waals surface area contributed by atoms with Crippen molar-refractivity contribution in [3.05, 3.63) is 57.3 Å². The summed E-state index contributed by atoms with van der Waals surface area (Å²) in [7, 11) is 0. The summed E-state index contributed by atoms with van der Waals surface area (Å²) in [6.45, 7) is 0. The van der Waals surface area contributed by atoms with E-state index in [1.807, 2.05) is 6.07 Å². The van der Waals surface area contributed by atoms with Crippen molar-refractivity contribution in [3.63, 3.8) is 0 Å². The molecule has 4 nitrogen and oxygen atoms in total. The highest BCUT2D eigenvalue weighted by atomic mass is 35.5. The molecule has 7 heteroatoms. The molecule has 22 heavy (non-hydrogen) atoms. The molecule has 2 heterocycles. The van der Waals surface area contributed by atoms with E-state index in [0.29, 0.717) is 26.8 Å². The Hall–Kier alpha value is -1.88. The van der Waals surface area contributed by atoms with Crippen molar-refractivity contribution in [2.45, 2.75) is 0 Å². The van der Waals surface area contributed by atoms with Gasteiger partial charge in [-0.3, -0.25) is 4.98 Å². The Morgan fingerprint density at radius 1 is 1.09 bits per heavy atom. The van der Waals surface area contributed by atoms with E-state index in [-0.39, 0.29) is 10.7 Å². The molecule has 110 valence electrons. The average Bonchev–Trinajstić information content (AvgIpc) is 2.47. The molecule has 0 saturated carbocycles. The maximum Gasteiger partial charge on any atom is 0.338 e. The van der Waals surface area contributed by atoms with Crippen LogP contribution in [0.25, 0.3) is 22.2 Å². The van der Waals surface area contributed by atoms with Crippen LogP contribution in [-0.2, 0) is 0 Å². The number of carboxylic acids is 1. The minimum absolute atomic E-state index is 0.0761. The van der Waals surface area contributed by atoms with Gasteiger partial charge in [-0.15, -0.1) is 0 Å². The van der Waals surface area contributed by atoms with Gasteiger partial charge in [0.25, 0.3) is 0 Å². The molecule has 3 aromatic rings. The van der Waals surface area contributed by atoms with Crippen molar-refractivity contribution in [2.75, 3.05) is 0 Å². The molecule has 2 aromatic heterocycles. The van der Waals surface area contributed by atoms with E-state index in [1.165, 1.54) is 6.07 Å². The lowest BCUT2D eigenvalue weighted by Gasteiger charge is -2.10. The average molecular weight is 354 g/mol. The van der Waals surface area contributed by atoms with Crippen LogP contribution < -0.4 is 0 Å². The number of nitrogens with zero attached hydrogens (tertiary/aromatic N) is 2. The third-order valence-electron chi connectivity index (χ3n) is 3.13. The third kappa shape index (κ3) is 2.50. The van der Waals surface area contributed by atoms with Crippen LogP contribution in [0.15, 0.2) is 36.5 Å². The SMILES string of the molecule is O=C(O)c1ccc(-c2c(Cl)cc(Cl)c3cccnc23)nc1Cl. The number of aromatic nitrogens is 2. The first-order chi connectivity index (χ1) is 10.5. The summed E-state index contributed by atoms with van der Waals surface area (Å²) in [4.78, 5) is 19.4. The van der Waals surface area contributed by atoms with Crippen LogP contribution in [0.2, 0.25) is 15.2 Å². The van der Waals surface area contributed by atoms with Gasteiger partial charge in [-0.25, -0.2) is 9.78 Å². The number of fused-ring (bicyclic) bond motifs is 1. The molecular formula is C15H7Cl3N2O2. The lowest BCUT2D eigenvalue weighted by atomic mass is 10.1. The predicted octanol–water partition coefficient (Wildman–Crippen LogP) is 4.96. The van der Waals surface area contributed by atoms with Crippen molar-refractivity contribution in [3.8, 4) is 11.3 Å². The van der Waals surface area contributed by atoms with Crippen LogP contribution in [0.1, 0.15) is 10.4 Å². The number of carbonyl (C=O) groups is 1. The number of halogens is 3. The standard InChI is InChI=1S/C15H7Cl3N2O2/c16-9-6-10(17)12(13-7(9)2-1-5-19-13)11-4-3-8(15(21)22)14(18)20-11/h1-6H,(H,21,22). The fourth-order valence-corrected chi connectivity index (χ4v) is 3.00. The molecule has 0 aliphatic carbocycles. The second-order valence-electron chi connectivity index (χ2n) is 4.45. The van der Waals surface area contributed by atoms with E-state index in [0.717, 1.165) is 5.39 Å². The highest BCUT2D eigenvalue weighted by Crippen LogP contribution is 2.37. The van der Waals surface area contributed by atoms with Gasteiger partial charge in [0.15, 0.2) is 0 Å². The van der Waals surface area contributed by atoms with Crippen molar-refractivity contribution in [1.29, 1.82) is 0 Å². The van der Waals surface area contributed by atoms with Gasteiger partial charge in [-0.05, 0) is 30.3 Å². The second kappa shape index (κ2) is 5.72. The van der Waals surface area contributed by atoms with Crippen molar-refractivity contribution >= 4 is 51.7 Å². The molecule has 0 atom stereocenters. The first kappa shape index (κ1) is 15.0. The molecule has 3 rings (SSSR count). The Labute approximate surface area is 140 Å². The van der Waals surface area contributed by atoms with Gasteiger partial charge in [-0.1, -0.05) is 34.8 Å². The molecule has 0 aliphatic rings. The lowest BCUT2D eigenvalue weighted by Crippen LogP contribution is -2.00. The molecular weight excluding hydrogens is 347 g/mol. The minimum Gasteiger partial charge on any atom is -0.478 e. The van der Waals surface area contributed by atoms with E-state index in [4.69, 9.17) is 39.9 Å². The van der Waals surface area contributed by atoms with Crippen LogP contribution in [0.4, 0.5) is 0 Å². The summed E-state index contributed by atoms with van der Waals surface area (Å²) in [6.07, 6.45) is 1.62. The number of pyridine rings is 2. The normalized spacial score (nSPS) is 10.9. The Morgan fingerprint density at radius 2 is 1.86 bits per heavy atom. The maximum absolute atomic E-state index is 11.0. The van der Waals surface area contributed by atoms with Gasteiger partial charge in [0.05, 0.1) is 26.8 Å². The molecule has 0 unspecified atom stereocenters. The number of hydrogen-bond donors (Lipinski definition) is 1. The maximum atomic E-state index is 11.0. The molecule has 1 N–H and O–H groups in total. The molecule has 0 aliphatic heterocycles. The molecule has 0 fully saturated rings. The molecule has 0 spiro atoms. The van der Waals surface area contributed by atoms with Gasteiger partial charge in [0.2, 0.25) is 0 Å². The Bertz CT molecular complexity index is 913. The zero-order valence-corrected chi connectivity index (χ0v) is 13.1. The van der Waals surface area contributed by atoms with Gasteiger partial charge >= 0.3 is 5.97 Å². The monoisotopic (exact) mass is 352 g/mol. The number of hydrogen-bond acceptors (Lipinski definition) is 3. The molecule has 1 aromatic carbocycles. The van der Waals surface area contributed by atoms with Gasteiger partial charge < -0.3 is 5.11 Å². The van der Waals surface area contributed by atoms with Crippen LogP contribution in [0.5, 0.6) is 0 Å². The van der Waals surface area contributed by atoms with E-state index in [1.54, 1.807) is 24.4 Å². The van der Waals surface area contributed by atoms with Gasteiger partial charge in [0, 0.05) is 17.1 Å².